The molecule has 44 heavy (non-hydrogen) atoms. The van der Waals surface area contributed by atoms with Crippen LogP contribution in [0.5, 0.6) is 5.88 Å². The quantitative estimate of drug-likeness (QED) is 0.254. The van der Waals surface area contributed by atoms with Gasteiger partial charge in [0.15, 0.2) is 5.69 Å². The van der Waals surface area contributed by atoms with E-state index in [1.807, 2.05) is 37.4 Å². The van der Waals surface area contributed by atoms with Gasteiger partial charge in [-0.25, -0.2) is 9.48 Å². The zero-order valence-electron chi connectivity index (χ0n) is 26.1. The first-order valence-electron chi connectivity index (χ1n) is 16.5. The SMILES string of the molecule is C=C(OCc1ccccc1)[C@H]1CCCC[C@@H]1NC(=O)Cn1nc(C(=O)O)cc1OCC1CCCC[C@@H]1C1CCC(OC)CC1. The van der Waals surface area contributed by atoms with Gasteiger partial charge in [-0.2, -0.15) is 5.10 Å². The number of rotatable bonds is 13. The summed E-state index contributed by atoms with van der Waals surface area (Å²) in [7, 11) is 1.81. The molecule has 9 nitrogen and oxygen atoms in total. The minimum absolute atomic E-state index is 0.0153. The molecule has 2 aromatic rings. The molecule has 1 aromatic heterocycles. The number of hydrogen-bond acceptors (Lipinski definition) is 6. The fourth-order valence-electron chi connectivity index (χ4n) is 7.68. The van der Waals surface area contributed by atoms with Gasteiger partial charge in [-0.05, 0) is 74.7 Å². The fourth-order valence-corrected chi connectivity index (χ4v) is 7.68. The smallest absolute Gasteiger partial charge is 0.356 e. The summed E-state index contributed by atoms with van der Waals surface area (Å²) in [5, 5.41) is 17.0. The van der Waals surface area contributed by atoms with E-state index in [9.17, 15) is 14.7 Å². The molecule has 4 atom stereocenters. The number of carboxylic acid groups (broad SMARTS) is 1. The van der Waals surface area contributed by atoms with Crippen LogP contribution < -0.4 is 10.1 Å². The van der Waals surface area contributed by atoms with Crippen molar-refractivity contribution in [3.63, 3.8) is 0 Å². The van der Waals surface area contributed by atoms with E-state index in [4.69, 9.17) is 14.2 Å². The second-order valence-corrected chi connectivity index (χ2v) is 12.9. The molecule has 3 saturated carbocycles. The number of aromatic nitrogens is 2. The van der Waals surface area contributed by atoms with Crippen LogP contribution >= 0.6 is 0 Å². The number of amides is 1. The van der Waals surface area contributed by atoms with Crippen LogP contribution in [0.25, 0.3) is 0 Å². The summed E-state index contributed by atoms with van der Waals surface area (Å²) in [5.74, 6) is 1.35. The molecule has 9 heteroatoms. The largest absolute Gasteiger partial charge is 0.494 e. The number of carbonyl (C=O) groups excluding carboxylic acids is 1. The molecule has 3 fully saturated rings. The topological polar surface area (TPSA) is 112 Å². The molecule has 1 heterocycles. The van der Waals surface area contributed by atoms with Crippen LogP contribution in [0.4, 0.5) is 0 Å². The number of carbonyl (C=O) groups is 2. The van der Waals surface area contributed by atoms with E-state index in [1.54, 1.807) is 0 Å². The molecule has 3 aliphatic carbocycles. The Balaban J connectivity index is 1.19. The molecule has 2 N–H and O–H groups in total. The van der Waals surface area contributed by atoms with Crippen molar-refractivity contribution in [1.29, 1.82) is 0 Å². The highest BCUT2D eigenvalue weighted by Gasteiger charge is 2.35. The highest BCUT2D eigenvalue weighted by Crippen LogP contribution is 2.42. The van der Waals surface area contributed by atoms with Gasteiger partial charge in [0.05, 0.1) is 18.5 Å². The first-order chi connectivity index (χ1) is 21.4. The zero-order chi connectivity index (χ0) is 30.9. The number of aromatic carboxylic acids is 1. The molecule has 240 valence electrons. The molecule has 0 saturated heterocycles. The van der Waals surface area contributed by atoms with Crippen molar-refractivity contribution < 1.29 is 28.9 Å². The average molecular weight is 608 g/mol. The highest BCUT2D eigenvalue weighted by molar-refractivity contribution is 5.85. The van der Waals surface area contributed by atoms with E-state index in [0.29, 0.717) is 48.7 Å². The summed E-state index contributed by atoms with van der Waals surface area (Å²) in [6, 6.07) is 11.3. The Morgan fingerprint density at radius 2 is 1.73 bits per heavy atom. The maximum Gasteiger partial charge on any atom is 0.356 e. The van der Waals surface area contributed by atoms with E-state index in [0.717, 1.165) is 50.5 Å². The fraction of sp³-hybridized carbons (Fsp3) is 0.629. The number of carboxylic acids is 1. The molecule has 1 amide bonds. The Morgan fingerprint density at radius 3 is 2.48 bits per heavy atom. The van der Waals surface area contributed by atoms with Crippen molar-refractivity contribution in [2.75, 3.05) is 13.7 Å². The number of hydrogen-bond donors (Lipinski definition) is 2. The Labute approximate surface area is 261 Å². The lowest BCUT2D eigenvalue weighted by Crippen LogP contribution is -2.44. The molecule has 0 radical (unpaired) electrons. The number of ether oxygens (including phenoxy) is 3. The lowest BCUT2D eigenvalue weighted by molar-refractivity contribution is -0.123. The van der Waals surface area contributed by atoms with Crippen molar-refractivity contribution >= 4 is 11.9 Å². The van der Waals surface area contributed by atoms with Crippen molar-refractivity contribution in [1.82, 2.24) is 15.1 Å². The number of methoxy groups -OCH3 is 1. The van der Waals surface area contributed by atoms with E-state index >= 15 is 0 Å². The molecule has 1 unspecified atom stereocenters. The predicted molar refractivity (Wildman–Crippen MR) is 167 cm³/mol. The minimum atomic E-state index is -1.14. The van der Waals surface area contributed by atoms with Crippen LogP contribution in [0, 0.1) is 23.7 Å². The van der Waals surface area contributed by atoms with Gasteiger partial charge < -0.3 is 24.6 Å². The Hall–Kier alpha value is -3.33. The minimum Gasteiger partial charge on any atom is -0.494 e. The number of benzene rings is 1. The van der Waals surface area contributed by atoms with E-state index < -0.39 is 5.97 Å². The molecular formula is C35H49N3O6. The molecule has 3 aliphatic rings. The highest BCUT2D eigenvalue weighted by atomic mass is 16.5. The normalized spacial score (nSPS) is 27.3. The van der Waals surface area contributed by atoms with Gasteiger partial charge in [0.25, 0.3) is 0 Å². The maximum absolute atomic E-state index is 13.3. The first kappa shape index (κ1) is 32.1. The zero-order valence-corrected chi connectivity index (χ0v) is 26.1. The first-order valence-corrected chi connectivity index (χ1v) is 16.5. The molecular weight excluding hydrogens is 558 g/mol. The van der Waals surface area contributed by atoms with E-state index in [2.05, 4.69) is 17.0 Å². The molecule has 0 bridgehead atoms. The maximum atomic E-state index is 13.3. The van der Waals surface area contributed by atoms with Crippen LogP contribution in [0.15, 0.2) is 48.7 Å². The lowest BCUT2D eigenvalue weighted by atomic mass is 9.68. The third kappa shape index (κ3) is 8.43. The predicted octanol–water partition coefficient (Wildman–Crippen LogP) is 6.38. The van der Waals surface area contributed by atoms with E-state index in [1.165, 1.54) is 42.9 Å². The van der Waals surface area contributed by atoms with Crippen LogP contribution in [-0.2, 0) is 27.4 Å². The van der Waals surface area contributed by atoms with Crippen molar-refractivity contribution in [2.24, 2.45) is 23.7 Å². The van der Waals surface area contributed by atoms with Gasteiger partial charge in [-0.3, -0.25) is 4.79 Å². The van der Waals surface area contributed by atoms with Crippen LogP contribution in [0.1, 0.15) is 93.1 Å². The second-order valence-electron chi connectivity index (χ2n) is 12.9. The van der Waals surface area contributed by atoms with Gasteiger partial charge in [0.1, 0.15) is 13.2 Å². The Kier molecular flexibility index (Phi) is 11.4. The summed E-state index contributed by atoms with van der Waals surface area (Å²) in [5.41, 5.74) is 0.952. The standard InChI is InChI=1S/C35H49N3O6/c1-24(43-22-25-10-4-3-5-11-25)29-13-8-9-15-31(29)36-33(39)21-38-34(20-32(37-38)35(40)41)44-23-27-12-6-7-14-30(27)26-16-18-28(42-2)19-17-26/h3-5,10-11,20,26-31H,1,6-9,12-19,21-23H2,2H3,(H,36,39)(H,40,41)/t26?,27?,28?,29-,30-,31+/m1/s1. The summed E-state index contributed by atoms with van der Waals surface area (Å²) >= 11 is 0. The summed E-state index contributed by atoms with van der Waals surface area (Å²) in [6.45, 7) is 5.04. The summed E-state index contributed by atoms with van der Waals surface area (Å²) < 4.78 is 19.3. The van der Waals surface area contributed by atoms with Crippen LogP contribution in [0.3, 0.4) is 0 Å². The van der Waals surface area contributed by atoms with Crippen LogP contribution in [-0.4, -0.2) is 52.6 Å². The van der Waals surface area contributed by atoms with Gasteiger partial charge in [-0.1, -0.05) is 62.6 Å². The Bertz CT molecular complexity index is 1240. The number of nitrogens with zero attached hydrogens (tertiary/aromatic N) is 2. The average Bonchev–Trinajstić information content (AvgIpc) is 3.46. The van der Waals surface area contributed by atoms with Crippen molar-refractivity contribution in [3.05, 3.63) is 60.0 Å². The molecule has 1 aromatic carbocycles. The van der Waals surface area contributed by atoms with Gasteiger partial charge in [0.2, 0.25) is 11.8 Å². The Morgan fingerprint density at radius 1 is 1.00 bits per heavy atom. The van der Waals surface area contributed by atoms with Crippen LogP contribution in [0.2, 0.25) is 0 Å². The van der Waals surface area contributed by atoms with Gasteiger partial charge in [-0.15, -0.1) is 0 Å². The second kappa shape index (κ2) is 15.6. The lowest BCUT2D eigenvalue weighted by Gasteiger charge is -2.40. The van der Waals surface area contributed by atoms with Crippen molar-refractivity contribution in [3.8, 4) is 5.88 Å². The summed E-state index contributed by atoms with van der Waals surface area (Å²) in [4.78, 5) is 25.1. The number of nitrogens with one attached hydrogen (secondary N) is 1. The molecule has 5 rings (SSSR count). The van der Waals surface area contributed by atoms with E-state index in [-0.39, 0.29) is 30.1 Å². The summed E-state index contributed by atoms with van der Waals surface area (Å²) in [6.07, 6.45) is 13.5. The molecule has 0 aliphatic heterocycles. The van der Waals surface area contributed by atoms with Gasteiger partial charge >= 0.3 is 5.97 Å². The monoisotopic (exact) mass is 607 g/mol. The van der Waals surface area contributed by atoms with Gasteiger partial charge in [0, 0.05) is 25.1 Å². The third-order valence-electron chi connectivity index (χ3n) is 10.1. The third-order valence-corrected chi connectivity index (χ3v) is 10.1. The van der Waals surface area contributed by atoms with Crippen molar-refractivity contribution in [2.45, 2.75) is 102 Å². The molecule has 0 spiro atoms.